The molecule has 1 aromatic carbocycles. The van der Waals surface area contributed by atoms with Gasteiger partial charge in [-0.3, -0.25) is 19.2 Å². The molecule has 39 heavy (non-hydrogen) atoms. The van der Waals surface area contributed by atoms with Crippen molar-refractivity contribution in [3.05, 3.63) is 77.9 Å². The van der Waals surface area contributed by atoms with Gasteiger partial charge >= 0.3 is 0 Å². The maximum Gasteiger partial charge on any atom is 0.276 e. The van der Waals surface area contributed by atoms with Crippen molar-refractivity contribution >= 4 is 44.4 Å². The van der Waals surface area contributed by atoms with E-state index in [9.17, 15) is 17.6 Å². The van der Waals surface area contributed by atoms with E-state index in [1.165, 1.54) is 47.3 Å². The summed E-state index contributed by atoms with van der Waals surface area (Å²) in [4.78, 5) is 24.2. The van der Waals surface area contributed by atoms with Gasteiger partial charge < -0.3 is 14.5 Å². The zero-order chi connectivity index (χ0) is 27.9. The maximum atomic E-state index is 15.5. The minimum atomic E-state index is -4.45. The lowest BCUT2D eigenvalue weighted by atomic mass is 10.1. The Hall–Kier alpha value is -4.63. The molecule has 0 aliphatic heterocycles. The predicted octanol–water partition coefficient (Wildman–Crippen LogP) is 3.52. The van der Waals surface area contributed by atoms with Gasteiger partial charge in [0.2, 0.25) is 5.88 Å². The molecule has 5 aromatic rings. The average Bonchev–Trinajstić information content (AvgIpc) is 3.51. The SMILES string of the molecule is COc1ncc(Cl)cc1S(=O)(=O)Nc1ccc(F)c(-c2cn3cnc(C(=O)Nc4cnn(C)c4)c3cn2)c1F. The highest BCUT2D eigenvalue weighted by Crippen LogP contribution is 2.32. The number of nitrogens with zero attached hydrogens (tertiary/aromatic N) is 6. The average molecular weight is 575 g/mol. The van der Waals surface area contributed by atoms with Crippen molar-refractivity contribution < 1.29 is 26.7 Å². The van der Waals surface area contributed by atoms with Crippen molar-refractivity contribution in [2.45, 2.75) is 4.90 Å². The number of benzene rings is 1. The van der Waals surface area contributed by atoms with Crippen molar-refractivity contribution in [3.8, 4) is 17.1 Å². The minimum absolute atomic E-state index is 0.00256. The van der Waals surface area contributed by atoms with Crippen LogP contribution in [0.3, 0.4) is 0 Å². The van der Waals surface area contributed by atoms with Crippen LogP contribution in [0.4, 0.5) is 20.2 Å². The molecule has 12 nitrogen and oxygen atoms in total. The molecule has 0 atom stereocenters. The number of hydrogen-bond donors (Lipinski definition) is 2. The first kappa shape index (κ1) is 26.0. The van der Waals surface area contributed by atoms with Gasteiger partial charge in [0.25, 0.3) is 15.9 Å². The van der Waals surface area contributed by atoms with E-state index < -0.39 is 43.7 Å². The molecular weight excluding hydrogens is 558 g/mol. The van der Waals surface area contributed by atoms with Gasteiger partial charge in [-0.25, -0.2) is 27.2 Å². The van der Waals surface area contributed by atoms with Crippen LogP contribution in [-0.4, -0.2) is 50.6 Å². The molecular formula is C23H17ClF2N8O4S. The minimum Gasteiger partial charge on any atom is -0.480 e. The zero-order valence-electron chi connectivity index (χ0n) is 20.1. The third kappa shape index (κ3) is 4.96. The van der Waals surface area contributed by atoms with Gasteiger partial charge in [-0.1, -0.05) is 11.6 Å². The zero-order valence-corrected chi connectivity index (χ0v) is 21.6. The smallest absolute Gasteiger partial charge is 0.276 e. The number of nitrogens with one attached hydrogen (secondary N) is 2. The molecule has 0 fully saturated rings. The first-order valence-electron chi connectivity index (χ1n) is 10.9. The second-order valence-corrected chi connectivity index (χ2v) is 10.2. The third-order valence-electron chi connectivity index (χ3n) is 5.46. The number of ether oxygens (including phenoxy) is 1. The number of halogens is 3. The number of carbonyl (C=O) groups excluding carboxylic acids is 1. The summed E-state index contributed by atoms with van der Waals surface area (Å²) in [5.74, 6) is -3.04. The monoisotopic (exact) mass is 574 g/mol. The van der Waals surface area contributed by atoms with Crippen LogP contribution in [0.15, 0.2) is 60.4 Å². The maximum absolute atomic E-state index is 15.5. The molecule has 0 spiro atoms. The normalized spacial score (nSPS) is 11.5. The molecule has 2 N–H and O–H groups in total. The summed E-state index contributed by atoms with van der Waals surface area (Å²) in [5, 5.41) is 6.61. The van der Waals surface area contributed by atoms with Crippen molar-refractivity contribution in [2.75, 3.05) is 17.1 Å². The molecule has 0 bridgehead atoms. The number of carbonyl (C=O) groups is 1. The van der Waals surface area contributed by atoms with E-state index in [4.69, 9.17) is 16.3 Å². The van der Waals surface area contributed by atoms with Gasteiger partial charge in [0.1, 0.15) is 12.1 Å². The molecule has 0 saturated carbocycles. The number of aryl methyl sites for hydroxylation is 1. The Kier molecular flexibility index (Phi) is 6.61. The van der Waals surface area contributed by atoms with Crippen LogP contribution in [-0.2, 0) is 17.1 Å². The standard InChI is InChI=1S/C23H17ClF2N8O4S/c1-33-9-13(7-30-33)31-22(35)21-17-8-27-16(10-34(17)11-29-21)19-14(25)3-4-15(20(19)26)32-39(36,37)18-5-12(24)6-28-23(18)38-2/h3-11,32H,1-2H3,(H,31,35). The third-order valence-corrected chi connectivity index (χ3v) is 7.02. The van der Waals surface area contributed by atoms with Crippen LogP contribution in [0, 0.1) is 11.6 Å². The number of amides is 1. The number of aromatic nitrogens is 6. The van der Waals surface area contributed by atoms with Gasteiger partial charge in [-0.05, 0) is 18.2 Å². The predicted molar refractivity (Wildman–Crippen MR) is 136 cm³/mol. The lowest BCUT2D eigenvalue weighted by Crippen LogP contribution is -2.16. The molecule has 0 radical (unpaired) electrons. The van der Waals surface area contributed by atoms with Crippen molar-refractivity contribution in [1.82, 2.24) is 29.1 Å². The number of fused-ring (bicyclic) bond motifs is 1. The second-order valence-electron chi connectivity index (χ2n) is 8.07. The Labute approximate surface area is 224 Å². The molecule has 0 unspecified atom stereocenters. The number of anilines is 2. The number of hydrogen-bond acceptors (Lipinski definition) is 8. The van der Waals surface area contributed by atoms with Crippen molar-refractivity contribution in [3.63, 3.8) is 0 Å². The van der Waals surface area contributed by atoms with Crippen LogP contribution in [0.1, 0.15) is 10.5 Å². The Morgan fingerprint density at radius 3 is 2.62 bits per heavy atom. The number of rotatable bonds is 7. The van der Waals surface area contributed by atoms with E-state index in [-0.39, 0.29) is 27.8 Å². The molecule has 0 saturated heterocycles. The van der Waals surface area contributed by atoms with E-state index in [2.05, 4.69) is 30.1 Å². The summed E-state index contributed by atoms with van der Waals surface area (Å²) in [6, 6.07) is 2.89. The second kappa shape index (κ2) is 9.92. The molecule has 4 heterocycles. The summed E-state index contributed by atoms with van der Waals surface area (Å²) in [6.45, 7) is 0. The number of methoxy groups -OCH3 is 1. The first-order valence-corrected chi connectivity index (χ1v) is 12.8. The van der Waals surface area contributed by atoms with E-state index >= 15 is 4.39 Å². The summed E-state index contributed by atoms with van der Waals surface area (Å²) in [7, 11) is -1.55. The molecule has 0 aliphatic carbocycles. The van der Waals surface area contributed by atoms with Gasteiger partial charge in [0.15, 0.2) is 16.4 Å². The number of pyridine rings is 1. The molecule has 0 aliphatic rings. The van der Waals surface area contributed by atoms with Gasteiger partial charge in [0, 0.05) is 25.6 Å². The summed E-state index contributed by atoms with van der Waals surface area (Å²) in [5.41, 5.74) is -0.622. The van der Waals surface area contributed by atoms with E-state index in [0.717, 1.165) is 18.2 Å². The van der Waals surface area contributed by atoms with Crippen molar-refractivity contribution in [2.24, 2.45) is 7.05 Å². The lowest BCUT2D eigenvalue weighted by Gasteiger charge is -2.14. The fourth-order valence-corrected chi connectivity index (χ4v) is 5.12. The first-order chi connectivity index (χ1) is 18.6. The van der Waals surface area contributed by atoms with Crippen LogP contribution < -0.4 is 14.8 Å². The Morgan fingerprint density at radius 1 is 1.10 bits per heavy atom. The van der Waals surface area contributed by atoms with Gasteiger partial charge in [-0.2, -0.15) is 5.10 Å². The summed E-state index contributed by atoms with van der Waals surface area (Å²) >= 11 is 5.87. The molecule has 1 amide bonds. The topological polar surface area (TPSA) is 145 Å². The van der Waals surface area contributed by atoms with Crippen LogP contribution in [0.5, 0.6) is 5.88 Å². The summed E-state index contributed by atoms with van der Waals surface area (Å²) < 4.78 is 66.2. The van der Waals surface area contributed by atoms with Gasteiger partial charge in [-0.15, -0.1) is 0 Å². The summed E-state index contributed by atoms with van der Waals surface area (Å²) in [6.07, 6.45) is 7.99. The number of sulfonamides is 1. The van der Waals surface area contributed by atoms with E-state index in [1.54, 1.807) is 13.2 Å². The Morgan fingerprint density at radius 2 is 1.90 bits per heavy atom. The fourth-order valence-electron chi connectivity index (χ4n) is 3.70. The largest absolute Gasteiger partial charge is 0.480 e. The number of imidazole rings is 1. The Bertz CT molecular complexity index is 1860. The molecule has 5 rings (SSSR count). The van der Waals surface area contributed by atoms with Gasteiger partial charge in [0.05, 0.1) is 52.7 Å². The molecule has 200 valence electrons. The highest BCUT2D eigenvalue weighted by atomic mass is 35.5. The van der Waals surface area contributed by atoms with Crippen LogP contribution in [0.2, 0.25) is 5.02 Å². The van der Waals surface area contributed by atoms with Crippen LogP contribution >= 0.6 is 11.6 Å². The molecule has 4 aromatic heterocycles. The van der Waals surface area contributed by atoms with E-state index in [1.807, 2.05) is 0 Å². The Balaban J connectivity index is 1.49. The molecule has 16 heteroatoms. The highest BCUT2D eigenvalue weighted by Gasteiger charge is 2.26. The van der Waals surface area contributed by atoms with Crippen LogP contribution in [0.25, 0.3) is 16.8 Å². The van der Waals surface area contributed by atoms with Crippen molar-refractivity contribution in [1.29, 1.82) is 0 Å². The lowest BCUT2D eigenvalue weighted by molar-refractivity contribution is 0.102. The highest BCUT2D eigenvalue weighted by molar-refractivity contribution is 7.92. The quantitative estimate of drug-likeness (QED) is 0.300. The fraction of sp³-hybridized carbons (Fsp3) is 0.0870. The van der Waals surface area contributed by atoms with E-state index in [0.29, 0.717) is 5.69 Å².